The van der Waals surface area contributed by atoms with E-state index in [1.54, 1.807) is 57.2 Å². The molecule has 2 aromatic rings. The molecule has 0 amide bonds. The van der Waals surface area contributed by atoms with Gasteiger partial charge < -0.3 is 24.7 Å². The second-order valence-electron chi connectivity index (χ2n) is 7.12. The van der Waals surface area contributed by atoms with Crippen LogP contribution in [0.4, 0.5) is 0 Å². The van der Waals surface area contributed by atoms with Crippen molar-refractivity contribution in [1.29, 1.82) is 5.26 Å². The Morgan fingerprint density at radius 3 is 2.50 bits per heavy atom. The molecule has 1 unspecified atom stereocenters. The van der Waals surface area contributed by atoms with Gasteiger partial charge >= 0.3 is 11.9 Å². The van der Waals surface area contributed by atoms with Crippen molar-refractivity contribution in [2.24, 2.45) is 5.73 Å². The van der Waals surface area contributed by atoms with Crippen molar-refractivity contribution in [3.05, 3.63) is 81.4 Å². The van der Waals surface area contributed by atoms with Crippen LogP contribution in [0.1, 0.15) is 42.6 Å². The van der Waals surface area contributed by atoms with Gasteiger partial charge in [0.15, 0.2) is 11.5 Å². The van der Waals surface area contributed by atoms with E-state index in [0.717, 1.165) is 0 Å². The Morgan fingerprint density at radius 1 is 1.12 bits per heavy atom. The fourth-order valence-electron chi connectivity index (χ4n) is 3.53. The zero-order valence-corrected chi connectivity index (χ0v) is 19.6. The number of hydrogen-bond acceptors (Lipinski definition) is 8. The summed E-state index contributed by atoms with van der Waals surface area (Å²) in [5.74, 6) is -1.63. The quantitative estimate of drug-likeness (QED) is 0.448. The molecule has 2 aromatic carbocycles. The molecular formula is C25H23ClN2O6. The van der Waals surface area contributed by atoms with E-state index < -0.39 is 17.9 Å². The van der Waals surface area contributed by atoms with Gasteiger partial charge in [-0.1, -0.05) is 29.8 Å². The minimum absolute atomic E-state index is 0.0527. The predicted molar refractivity (Wildman–Crippen MR) is 124 cm³/mol. The third-order valence-corrected chi connectivity index (χ3v) is 5.33. The van der Waals surface area contributed by atoms with Crippen molar-refractivity contribution in [2.45, 2.75) is 26.7 Å². The molecule has 176 valence electrons. The van der Waals surface area contributed by atoms with Gasteiger partial charge in [-0.2, -0.15) is 5.26 Å². The highest BCUT2D eigenvalue weighted by molar-refractivity contribution is 6.33. The maximum absolute atomic E-state index is 12.7. The van der Waals surface area contributed by atoms with Gasteiger partial charge in [0, 0.05) is 0 Å². The third kappa shape index (κ3) is 5.00. The minimum atomic E-state index is -0.856. The number of rotatable bonds is 7. The Bertz CT molecular complexity index is 1230. The molecule has 0 aliphatic carbocycles. The molecule has 0 saturated carbocycles. The zero-order chi connectivity index (χ0) is 24.8. The van der Waals surface area contributed by atoms with E-state index in [0.29, 0.717) is 5.56 Å². The highest BCUT2D eigenvalue weighted by Crippen LogP contribution is 2.42. The molecule has 9 heteroatoms. The Balaban J connectivity index is 2.06. The van der Waals surface area contributed by atoms with Gasteiger partial charge in [0.25, 0.3) is 0 Å². The van der Waals surface area contributed by atoms with Crippen molar-refractivity contribution >= 4 is 23.5 Å². The first-order valence-corrected chi connectivity index (χ1v) is 10.9. The van der Waals surface area contributed by atoms with Gasteiger partial charge in [-0.05, 0) is 50.6 Å². The molecule has 0 saturated heterocycles. The third-order valence-electron chi connectivity index (χ3n) is 5.00. The van der Waals surface area contributed by atoms with Crippen LogP contribution < -0.4 is 15.2 Å². The molecule has 0 fully saturated rings. The van der Waals surface area contributed by atoms with Crippen molar-refractivity contribution in [3.63, 3.8) is 0 Å². The van der Waals surface area contributed by atoms with E-state index in [2.05, 4.69) is 0 Å². The van der Waals surface area contributed by atoms with Crippen molar-refractivity contribution in [2.75, 3.05) is 13.2 Å². The van der Waals surface area contributed by atoms with Gasteiger partial charge in [0.2, 0.25) is 5.88 Å². The first-order valence-electron chi connectivity index (χ1n) is 10.5. The Hall–Kier alpha value is -3.96. The van der Waals surface area contributed by atoms with Crippen LogP contribution in [0, 0.1) is 11.3 Å². The standard InChI is InChI=1S/C25H23ClN2O6/c1-4-31-20-12-15(10-11-19(20)34-24(29)16-8-6-7-9-18(16)26)22-17(13-27)23(28)33-14(3)21(22)25(30)32-5-2/h6-12,22H,4-5,28H2,1-3H3. The minimum Gasteiger partial charge on any atom is -0.490 e. The summed E-state index contributed by atoms with van der Waals surface area (Å²) in [5, 5.41) is 10.0. The van der Waals surface area contributed by atoms with Crippen LogP contribution in [-0.2, 0) is 14.3 Å². The van der Waals surface area contributed by atoms with Gasteiger partial charge in [-0.15, -0.1) is 0 Å². The summed E-state index contributed by atoms with van der Waals surface area (Å²) in [6.45, 7) is 5.44. The number of carbonyl (C=O) groups is 2. The molecule has 1 atom stereocenters. The van der Waals surface area contributed by atoms with Gasteiger partial charge in [-0.3, -0.25) is 0 Å². The molecular weight excluding hydrogens is 460 g/mol. The normalized spacial score (nSPS) is 15.3. The van der Waals surface area contributed by atoms with Crippen LogP contribution in [0.3, 0.4) is 0 Å². The Kier molecular flexibility index (Phi) is 7.82. The highest BCUT2D eigenvalue weighted by Gasteiger charge is 2.36. The molecule has 0 radical (unpaired) electrons. The molecule has 1 aliphatic rings. The van der Waals surface area contributed by atoms with Crippen LogP contribution in [-0.4, -0.2) is 25.2 Å². The van der Waals surface area contributed by atoms with E-state index in [4.69, 9.17) is 36.3 Å². The van der Waals surface area contributed by atoms with Crippen molar-refractivity contribution in [3.8, 4) is 17.6 Å². The SMILES string of the molecule is CCOC(=O)C1=C(C)OC(N)=C(C#N)C1c1ccc(OC(=O)c2ccccc2Cl)c(OCC)c1. The van der Waals surface area contributed by atoms with Gasteiger partial charge in [0.05, 0.1) is 35.3 Å². The molecule has 2 N–H and O–H groups in total. The summed E-state index contributed by atoms with van der Waals surface area (Å²) in [7, 11) is 0. The van der Waals surface area contributed by atoms with Crippen LogP contribution >= 0.6 is 11.6 Å². The van der Waals surface area contributed by atoms with E-state index in [1.807, 2.05) is 6.07 Å². The lowest BCUT2D eigenvalue weighted by Gasteiger charge is -2.27. The Labute approximate surface area is 202 Å². The summed E-state index contributed by atoms with van der Waals surface area (Å²) in [6, 6.07) is 13.3. The summed E-state index contributed by atoms with van der Waals surface area (Å²) in [5.41, 5.74) is 6.86. The lowest BCUT2D eigenvalue weighted by Crippen LogP contribution is -2.25. The molecule has 1 aliphatic heterocycles. The van der Waals surface area contributed by atoms with Crippen LogP contribution in [0.5, 0.6) is 11.5 Å². The second kappa shape index (κ2) is 10.8. The maximum atomic E-state index is 12.7. The van der Waals surface area contributed by atoms with Crippen molar-refractivity contribution in [1.82, 2.24) is 0 Å². The summed E-state index contributed by atoms with van der Waals surface area (Å²) in [6.07, 6.45) is 0. The average Bonchev–Trinajstić information content (AvgIpc) is 2.80. The number of benzene rings is 2. The fourth-order valence-corrected chi connectivity index (χ4v) is 3.74. The number of allylic oxidation sites excluding steroid dienone is 2. The van der Waals surface area contributed by atoms with Gasteiger partial charge in [-0.25, -0.2) is 9.59 Å². The van der Waals surface area contributed by atoms with E-state index in [-0.39, 0.29) is 58.1 Å². The summed E-state index contributed by atoms with van der Waals surface area (Å²) in [4.78, 5) is 25.4. The molecule has 0 aromatic heterocycles. The maximum Gasteiger partial charge on any atom is 0.345 e. The van der Waals surface area contributed by atoms with E-state index in [9.17, 15) is 14.9 Å². The van der Waals surface area contributed by atoms with E-state index in [1.165, 1.54) is 6.07 Å². The number of nitrogens with two attached hydrogens (primary N) is 1. The zero-order valence-electron chi connectivity index (χ0n) is 18.9. The highest BCUT2D eigenvalue weighted by atomic mass is 35.5. The molecule has 1 heterocycles. The summed E-state index contributed by atoms with van der Waals surface area (Å²) >= 11 is 6.10. The molecule has 0 bridgehead atoms. The first-order chi connectivity index (χ1) is 16.3. The lowest BCUT2D eigenvalue weighted by molar-refractivity contribution is -0.139. The van der Waals surface area contributed by atoms with Crippen LogP contribution in [0.15, 0.2) is 65.3 Å². The predicted octanol–water partition coefficient (Wildman–Crippen LogP) is 4.60. The molecule has 34 heavy (non-hydrogen) atoms. The van der Waals surface area contributed by atoms with Crippen molar-refractivity contribution < 1.29 is 28.5 Å². The number of halogens is 1. The average molecular weight is 483 g/mol. The largest absolute Gasteiger partial charge is 0.490 e. The number of ether oxygens (including phenoxy) is 4. The number of esters is 2. The summed E-state index contributed by atoms with van der Waals surface area (Å²) < 4.78 is 21.9. The molecule has 8 nitrogen and oxygen atoms in total. The van der Waals surface area contributed by atoms with E-state index >= 15 is 0 Å². The first kappa shape index (κ1) is 24.7. The number of nitrogens with zero attached hydrogens (tertiary/aromatic N) is 1. The number of hydrogen-bond donors (Lipinski definition) is 1. The van der Waals surface area contributed by atoms with Crippen LogP contribution in [0.25, 0.3) is 0 Å². The topological polar surface area (TPSA) is 121 Å². The number of carbonyl (C=O) groups excluding carboxylic acids is 2. The fraction of sp³-hybridized carbons (Fsp3) is 0.240. The molecule has 0 spiro atoms. The lowest BCUT2D eigenvalue weighted by atomic mass is 9.83. The Morgan fingerprint density at radius 2 is 1.85 bits per heavy atom. The second-order valence-corrected chi connectivity index (χ2v) is 7.53. The monoisotopic (exact) mass is 482 g/mol. The molecule has 3 rings (SSSR count). The van der Waals surface area contributed by atoms with Crippen LogP contribution in [0.2, 0.25) is 5.02 Å². The number of nitriles is 1. The smallest absolute Gasteiger partial charge is 0.345 e. The van der Waals surface area contributed by atoms with Gasteiger partial charge in [0.1, 0.15) is 17.4 Å².